The van der Waals surface area contributed by atoms with E-state index in [1.165, 1.54) is 12.1 Å². The molecule has 0 fully saturated rings. The first-order valence-electron chi connectivity index (χ1n) is 6.38. The van der Waals surface area contributed by atoms with E-state index in [0.717, 1.165) is 12.1 Å². The molecule has 0 saturated heterocycles. The molecule has 0 amide bonds. The van der Waals surface area contributed by atoms with Gasteiger partial charge in [-0.3, -0.25) is 0 Å². The second kappa shape index (κ2) is 6.70. The Hall–Kier alpha value is -1.37. The van der Waals surface area contributed by atoms with E-state index >= 15 is 0 Å². The quantitative estimate of drug-likeness (QED) is 0.847. The van der Waals surface area contributed by atoms with E-state index in [4.69, 9.17) is 5.11 Å². The van der Waals surface area contributed by atoms with E-state index in [9.17, 15) is 4.39 Å². The van der Waals surface area contributed by atoms with Gasteiger partial charge in [0.15, 0.2) is 0 Å². The fourth-order valence-electron chi connectivity index (χ4n) is 2.09. The van der Waals surface area contributed by atoms with Crippen LogP contribution in [-0.2, 0) is 6.54 Å². The fraction of sp³-hybridized carbons (Fsp3) is 0.500. The van der Waals surface area contributed by atoms with E-state index in [0.29, 0.717) is 12.1 Å². The summed E-state index contributed by atoms with van der Waals surface area (Å²) in [5, 5.41) is 8.74. The maximum absolute atomic E-state index is 13.2. The topological polar surface area (TPSA) is 23.5 Å². The molecule has 104 valence electrons. The van der Waals surface area contributed by atoms with Crippen molar-refractivity contribution in [2.45, 2.75) is 27.3 Å². The van der Waals surface area contributed by atoms with Gasteiger partial charge in [-0.1, -0.05) is 38.7 Å². The Morgan fingerprint density at radius 3 is 2.58 bits per heavy atom. The van der Waals surface area contributed by atoms with Crippen LogP contribution in [0.4, 0.5) is 4.39 Å². The zero-order valence-corrected chi connectivity index (χ0v) is 12.1. The lowest BCUT2D eigenvalue weighted by Gasteiger charge is -2.26. The van der Waals surface area contributed by atoms with E-state index in [1.54, 1.807) is 6.07 Å². The minimum Gasteiger partial charge on any atom is -0.384 e. The van der Waals surface area contributed by atoms with Crippen LogP contribution in [0.25, 0.3) is 0 Å². The fourth-order valence-corrected chi connectivity index (χ4v) is 2.09. The van der Waals surface area contributed by atoms with E-state index < -0.39 is 0 Å². The Balaban J connectivity index is 2.88. The molecule has 2 nitrogen and oxygen atoms in total. The summed E-state index contributed by atoms with van der Waals surface area (Å²) in [6.45, 7) is 7.99. The number of aliphatic hydroxyl groups is 1. The second-order valence-electron chi connectivity index (χ2n) is 5.99. The highest BCUT2D eigenvalue weighted by Crippen LogP contribution is 2.17. The normalized spacial score (nSPS) is 11.3. The molecule has 0 saturated carbocycles. The number of hydrogen-bond donors (Lipinski definition) is 1. The Morgan fingerprint density at radius 1 is 1.32 bits per heavy atom. The number of benzene rings is 1. The molecule has 0 radical (unpaired) electrons. The van der Waals surface area contributed by atoms with Crippen molar-refractivity contribution >= 4 is 0 Å². The standard InChI is InChI=1S/C16H22FNO/c1-16(2,3)12-18(4)11-14-7-8-15(17)10-13(14)6-5-9-19/h7-8,10,19H,9,11-12H2,1-4H3. The molecule has 1 aromatic carbocycles. The zero-order chi connectivity index (χ0) is 14.5. The summed E-state index contributed by atoms with van der Waals surface area (Å²) >= 11 is 0. The smallest absolute Gasteiger partial charge is 0.124 e. The molecular formula is C16H22FNO. The van der Waals surface area contributed by atoms with Crippen LogP contribution in [0.15, 0.2) is 18.2 Å². The summed E-state index contributed by atoms with van der Waals surface area (Å²) in [4.78, 5) is 2.19. The summed E-state index contributed by atoms with van der Waals surface area (Å²) in [6, 6.07) is 4.63. The predicted octanol–water partition coefficient (Wildman–Crippen LogP) is 2.65. The lowest BCUT2D eigenvalue weighted by Crippen LogP contribution is -2.29. The summed E-state index contributed by atoms with van der Waals surface area (Å²) in [5.74, 6) is 5.08. The molecule has 0 aromatic heterocycles. The summed E-state index contributed by atoms with van der Waals surface area (Å²) < 4.78 is 13.2. The number of hydrogen-bond acceptors (Lipinski definition) is 2. The molecule has 1 N–H and O–H groups in total. The number of nitrogens with zero attached hydrogens (tertiary/aromatic N) is 1. The Morgan fingerprint density at radius 2 is 2.00 bits per heavy atom. The first kappa shape index (κ1) is 15.7. The van der Waals surface area contributed by atoms with Crippen LogP contribution in [-0.4, -0.2) is 30.2 Å². The highest BCUT2D eigenvalue weighted by atomic mass is 19.1. The average Bonchev–Trinajstić information content (AvgIpc) is 2.27. The van der Waals surface area contributed by atoms with Crippen molar-refractivity contribution in [1.82, 2.24) is 4.90 Å². The largest absolute Gasteiger partial charge is 0.384 e. The van der Waals surface area contributed by atoms with E-state index in [-0.39, 0.29) is 17.8 Å². The molecule has 0 atom stereocenters. The number of aliphatic hydroxyl groups excluding tert-OH is 1. The molecule has 3 heteroatoms. The molecule has 0 aliphatic rings. The van der Waals surface area contributed by atoms with Gasteiger partial charge in [0.05, 0.1) is 0 Å². The average molecular weight is 263 g/mol. The van der Waals surface area contributed by atoms with Crippen LogP contribution >= 0.6 is 0 Å². The van der Waals surface area contributed by atoms with E-state index in [2.05, 4.69) is 37.5 Å². The van der Waals surface area contributed by atoms with Crippen LogP contribution < -0.4 is 0 Å². The maximum Gasteiger partial charge on any atom is 0.124 e. The van der Waals surface area contributed by atoms with Gasteiger partial charge in [-0.05, 0) is 30.2 Å². The highest BCUT2D eigenvalue weighted by Gasteiger charge is 2.14. The van der Waals surface area contributed by atoms with Crippen molar-refractivity contribution in [3.63, 3.8) is 0 Å². The summed E-state index contributed by atoms with van der Waals surface area (Å²) in [7, 11) is 2.04. The van der Waals surface area contributed by atoms with Gasteiger partial charge in [0.25, 0.3) is 0 Å². The molecule has 0 spiro atoms. The lowest BCUT2D eigenvalue weighted by molar-refractivity contribution is 0.220. The van der Waals surface area contributed by atoms with Gasteiger partial charge < -0.3 is 10.0 Å². The first-order chi connectivity index (χ1) is 8.81. The Labute approximate surface area is 115 Å². The third-order valence-electron chi connectivity index (χ3n) is 2.56. The van der Waals surface area contributed by atoms with Crippen molar-refractivity contribution in [3.8, 4) is 11.8 Å². The highest BCUT2D eigenvalue weighted by molar-refractivity contribution is 5.41. The van der Waals surface area contributed by atoms with Crippen LogP contribution in [0, 0.1) is 23.1 Å². The van der Waals surface area contributed by atoms with Crippen molar-refractivity contribution in [1.29, 1.82) is 0 Å². The number of halogens is 1. The molecule has 19 heavy (non-hydrogen) atoms. The molecule has 0 bridgehead atoms. The third kappa shape index (κ3) is 5.87. The molecule has 0 unspecified atom stereocenters. The van der Waals surface area contributed by atoms with Crippen LogP contribution in [0.1, 0.15) is 31.9 Å². The minimum atomic E-state index is -0.301. The van der Waals surface area contributed by atoms with E-state index in [1.807, 2.05) is 7.05 Å². The van der Waals surface area contributed by atoms with Crippen LogP contribution in [0.5, 0.6) is 0 Å². The zero-order valence-electron chi connectivity index (χ0n) is 12.1. The summed E-state index contributed by atoms with van der Waals surface area (Å²) in [6.07, 6.45) is 0. The van der Waals surface area contributed by atoms with Gasteiger partial charge in [0.2, 0.25) is 0 Å². The molecule has 0 aliphatic carbocycles. The van der Waals surface area contributed by atoms with Gasteiger partial charge in [-0.25, -0.2) is 4.39 Å². The molecular weight excluding hydrogens is 241 g/mol. The van der Waals surface area contributed by atoms with Gasteiger partial charge >= 0.3 is 0 Å². The van der Waals surface area contributed by atoms with Gasteiger partial charge in [-0.2, -0.15) is 0 Å². The first-order valence-corrected chi connectivity index (χ1v) is 6.38. The SMILES string of the molecule is CN(Cc1ccc(F)cc1C#CCO)CC(C)(C)C. The molecule has 1 aromatic rings. The predicted molar refractivity (Wildman–Crippen MR) is 76.2 cm³/mol. The van der Waals surface area contributed by atoms with Gasteiger partial charge in [0.1, 0.15) is 12.4 Å². The van der Waals surface area contributed by atoms with Crippen LogP contribution in [0.2, 0.25) is 0 Å². The minimum absolute atomic E-state index is 0.214. The Bertz CT molecular complexity index is 480. The summed E-state index contributed by atoms with van der Waals surface area (Å²) in [5.41, 5.74) is 1.84. The maximum atomic E-state index is 13.2. The molecule has 1 rings (SSSR count). The molecule has 0 heterocycles. The lowest BCUT2D eigenvalue weighted by atomic mass is 9.96. The van der Waals surface area contributed by atoms with Crippen LogP contribution in [0.3, 0.4) is 0 Å². The van der Waals surface area contributed by atoms with Crippen molar-refractivity contribution in [3.05, 3.63) is 35.1 Å². The Kier molecular flexibility index (Phi) is 5.53. The van der Waals surface area contributed by atoms with Crippen molar-refractivity contribution < 1.29 is 9.50 Å². The monoisotopic (exact) mass is 263 g/mol. The number of rotatable bonds is 3. The molecule has 0 aliphatic heterocycles. The van der Waals surface area contributed by atoms with Crippen molar-refractivity contribution in [2.75, 3.05) is 20.2 Å². The third-order valence-corrected chi connectivity index (χ3v) is 2.56. The van der Waals surface area contributed by atoms with Gasteiger partial charge in [-0.15, -0.1) is 0 Å². The van der Waals surface area contributed by atoms with Crippen molar-refractivity contribution in [2.24, 2.45) is 5.41 Å². The van der Waals surface area contributed by atoms with Gasteiger partial charge in [0, 0.05) is 18.7 Å². The second-order valence-corrected chi connectivity index (χ2v) is 5.99.